The van der Waals surface area contributed by atoms with Crippen LogP contribution in [0.2, 0.25) is 0 Å². The fraction of sp³-hybridized carbons (Fsp3) is 0.500. The van der Waals surface area contributed by atoms with Gasteiger partial charge in [-0.2, -0.15) is 13.2 Å². The van der Waals surface area contributed by atoms with Crippen molar-refractivity contribution >= 4 is 35.8 Å². The van der Waals surface area contributed by atoms with Crippen LogP contribution in [0.15, 0.2) is 23.2 Å². The predicted octanol–water partition coefficient (Wildman–Crippen LogP) is 2.01. The predicted molar refractivity (Wildman–Crippen MR) is 107 cm³/mol. The number of alkyl halides is 3. The lowest BCUT2D eigenvalue weighted by Crippen LogP contribution is -2.45. The Morgan fingerprint density at radius 1 is 1.22 bits per heavy atom. The van der Waals surface area contributed by atoms with Crippen LogP contribution in [0.1, 0.15) is 5.56 Å². The molecule has 0 bridgehead atoms. The zero-order valence-corrected chi connectivity index (χ0v) is 17.8. The highest BCUT2D eigenvalue weighted by molar-refractivity contribution is 14.0. The summed E-state index contributed by atoms with van der Waals surface area (Å²) in [7, 11) is 5.66. The third-order valence-electron chi connectivity index (χ3n) is 3.41. The van der Waals surface area contributed by atoms with Crippen LogP contribution in [0.3, 0.4) is 0 Å². The minimum atomic E-state index is -4.44. The van der Waals surface area contributed by atoms with E-state index >= 15 is 0 Å². The summed E-state index contributed by atoms with van der Waals surface area (Å²) in [5.41, 5.74) is 0.816. The summed E-state index contributed by atoms with van der Waals surface area (Å²) in [4.78, 5) is 16.3. The maximum Gasteiger partial charge on any atom is 0.406 e. The number of amides is 1. The summed E-state index contributed by atoms with van der Waals surface area (Å²) >= 11 is 0. The van der Waals surface area contributed by atoms with Crippen LogP contribution >= 0.6 is 24.0 Å². The molecule has 0 aliphatic rings. The van der Waals surface area contributed by atoms with E-state index in [1.165, 1.54) is 14.2 Å². The van der Waals surface area contributed by atoms with Gasteiger partial charge in [0.1, 0.15) is 18.0 Å². The normalized spacial score (nSPS) is 11.3. The number of ether oxygens (including phenoxy) is 2. The number of benzene rings is 1. The van der Waals surface area contributed by atoms with Crippen LogP contribution in [-0.2, 0) is 11.3 Å². The van der Waals surface area contributed by atoms with Crippen molar-refractivity contribution in [1.82, 2.24) is 15.5 Å². The first-order chi connectivity index (χ1) is 12.2. The van der Waals surface area contributed by atoms with Gasteiger partial charge in [0.25, 0.3) is 0 Å². The van der Waals surface area contributed by atoms with Gasteiger partial charge in [-0.15, -0.1) is 24.0 Å². The topological polar surface area (TPSA) is 75.2 Å². The van der Waals surface area contributed by atoms with Crippen molar-refractivity contribution in [3.05, 3.63) is 23.8 Å². The SMILES string of the molecule is CN=C(NCC(=O)N(C)CC(F)(F)F)NCc1ccc(OC)cc1OC.I. The second-order valence-electron chi connectivity index (χ2n) is 5.32. The van der Waals surface area contributed by atoms with E-state index in [1.807, 2.05) is 0 Å². The maximum atomic E-state index is 12.3. The summed E-state index contributed by atoms with van der Waals surface area (Å²) in [6.45, 7) is -1.28. The Morgan fingerprint density at radius 2 is 1.89 bits per heavy atom. The first kappa shape index (κ1) is 25.1. The molecule has 0 spiro atoms. The zero-order chi connectivity index (χ0) is 19.7. The molecule has 0 saturated carbocycles. The first-order valence-electron chi connectivity index (χ1n) is 7.66. The molecule has 0 fully saturated rings. The van der Waals surface area contributed by atoms with Gasteiger partial charge < -0.3 is 25.0 Å². The van der Waals surface area contributed by atoms with E-state index in [2.05, 4.69) is 15.6 Å². The van der Waals surface area contributed by atoms with Gasteiger partial charge in [0.05, 0.1) is 20.8 Å². The summed E-state index contributed by atoms with van der Waals surface area (Å²) in [5, 5.41) is 5.65. The third-order valence-corrected chi connectivity index (χ3v) is 3.41. The van der Waals surface area contributed by atoms with E-state index in [4.69, 9.17) is 9.47 Å². The lowest BCUT2D eigenvalue weighted by molar-refractivity contribution is -0.157. The molecule has 11 heteroatoms. The van der Waals surface area contributed by atoms with E-state index < -0.39 is 18.6 Å². The van der Waals surface area contributed by atoms with Gasteiger partial charge in [0.2, 0.25) is 5.91 Å². The largest absolute Gasteiger partial charge is 0.497 e. The molecule has 0 radical (unpaired) electrons. The van der Waals surface area contributed by atoms with Crippen molar-refractivity contribution in [2.75, 3.05) is 41.4 Å². The molecule has 0 aliphatic carbocycles. The standard InChI is InChI=1S/C16H23F3N4O3.HI/c1-20-15(22-9-14(24)23(2)10-16(17,18)19)21-8-11-5-6-12(25-3)7-13(11)26-4;/h5-7H,8-10H2,1-4H3,(H2,20,21,22);1H. The Bertz CT molecular complexity index is 642. The molecule has 0 aromatic heterocycles. The second-order valence-corrected chi connectivity index (χ2v) is 5.32. The molecular weight excluding hydrogens is 480 g/mol. The van der Waals surface area contributed by atoms with Crippen LogP contribution in [0.4, 0.5) is 13.2 Å². The average molecular weight is 504 g/mol. The van der Waals surface area contributed by atoms with Crippen LogP contribution in [0.5, 0.6) is 11.5 Å². The number of rotatable bonds is 7. The zero-order valence-electron chi connectivity index (χ0n) is 15.5. The highest BCUT2D eigenvalue weighted by Gasteiger charge is 2.31. The molecule has 1 aromatic carbocycles. The quantitative estimate of drug-likeness (QED) is 0.338. The van der Waals surface area contributed by atoms with Crippen LogP contribution in [-0.4, -0.2) is 64.3 Å². The smallest absolute Gasteiger partial charge is 0.406 e. The van der Waals surface area contributed by atoms with Crippen molar-refractivity contribution in [3.8, 4) is 11.5 Å². The molecule has 7 nitrogen and oxygen atoms in total. The number of hydrogen-bond acceptors (Lipinski definition) is 4. The molecule has 0 heterocycles. The van der Waals surface area contributed by atoms with Gasteiger partial charge in [-0.25, -0.2) is 0 Å². The number of hydrogen-bond donors (Lipinski definition) is 2. The fourth-order valence-corrected chi connectivity index (χ4v) is 2.05. The Hall–Kier alpha value is -1.92. The minimum absolute atomic E-state index is 0. The first-order valence-corrected chi connectivity index (χ1v) is 7.66. The Balaban J connectivity index is 0.00000676. The number of nitrogens with one attached hydrogen (secondary N) is 2. The van der Waals surface area contributed by atoms with Crippen molar-refractivity contribution in [2.45, 2.75) is 12.7 Å². The molecular formula is C16H24F3IN4O3. The summed E-state index contributed by atoms with van der Waals surface area (Å²) in [6, 6.07) is 5.30. The maximum absolute atomic E-state index is 12.3. The molecule has 0 saturated heterocycles. The number of aliphatic imine (C=N–C) groups is 1. The molecule has 0 aliphatic heterocycles. The number of guanidine groups is 1. The number of likely N-dealkylation sites (N-methyl/N-ethyl adjacent to an activating group) is 1. The number of carbonyl (C=O) groups excluding carboxylic acids is 1. The lowest BCUT2D eigenvalue weighted by atomic mass is 10.2. The molecule has 0 unspecified atom stereocenters. The molecule has 154 valence electrons. The van der Waals surface area contributed by atoms with E-state index in [9.17, 15) is 18.0 Å². The van der Waals surface area contributed by atoms with Crippen molar-refractivity contribution in [2.24, 2.45) is 4.99 Å². The summed E-state index contributed by atoms with van der Waals surface area (Å²) in [6.07, 6.45) is -4.44. The second kappa shape index (κ2) is 11.7. The van der Waals surface area contributed by atoms with Gasteiger partial charge in [0.15, 0.2) is 5.96 Å². The third kappa shape index (κ3) is 9.02. The van der Waals surface area contributed by atoms with Gasteiger partial charge in [-0.05, 0) is 12.1 Å². The molecule has 27 heavy (non-hydrogen) atoms. The Kier molecular flexibility index (Phi) is 10.9. The van der Waals surface area contributed by atoms with Gasteiger partial charge in [0, 0.05) is 32.3 Å². The van der Waals surface area contributed by atoms with Gasteiger partial charge in [-0.3, -0.25) is 9.79 Å². The van der Waals surface area contributed by atoms with Crippen molar-refractivity contribution in [1.29, 1.82) is 0 Å². The fourth-order valence-electron chi connectivity index (χ4n) is 2.05. The lowest BCUT2D eigenvalue weighted by Gasteiger charge is -2.20. The van der Waals surface area contributed by atoms with Crippen molar-refractivity contribution < 1.29 is 27.4 Å². The number of carbonyl (C=O) groups is 1. The monoisotopic (exact) mass is 504 g/mol. The minimum Gasteiger partial charge on any atom is -0.497 e. The van der Waals surface area contributed by atoms with E-state index in [-0.39, 0.29) is 36.5 Å². The van der Waals surface area contributed by atoms with Crippen LogP contribution in [0.25, 0.3) is 0 Å². The molecule has 2 N–H and O–H groups in total. The Labute approximate surface area is 173 Å². The summed E-state index contributed by atoms with van der Waals surface area (Å²) in [5.74, 6) is 0.823. The highest BCUT2D eigenvalue weighted by atomic mass is 127. The van der Waals surface area contributed by atoms with Crippen LogP contribution in [0, 0.1) is 0 Å². The molecule has 1 aromatic rings. The van der Waals surface area contributed by atoms with E-state index in [0.717, 1.165) is 12.6 Å². The highest BCUT2D eigenvalue weighted by Crippen LogP contribution is 2.24. The van der Waals surface area contributed by atoms with Crippen molar-refractivity contribution in [3.63, 3.8) is 0 Å². The number of methoxy groups -OCH3 is 2. The van der Waals surface area contributed by atoms with Gasteiger partial charge >= 0.3 is 6.18 Å². The molecule has 1 amide bonds. The summed E-state index contributed by atoms with van der Waals surface area (Å²) < 4.78 is 47.3. The average Bonchev–Trinajstić information content (AvgIpc) is 2.59. The van der Waals surface area contributed by atoms with Gasteiger partial charge in [-0.1, -0.05) is 0 Å². The van der Waals surface area contributed by atoms with E-state index in [1.54, 1.807) is 25.3 Å². The van der Waals surface area contributed by atoms with E-state index in [0.29, 0.717) is 22.9 Å². The number of nitrogens with zero attached hydrogens (tertiary/aromatic N) is 2. The molecule has 0 atom stereocenters. The van der Waals surface area contributed by atoms with Crippen LogP contribution < -0.4 is 20.1 Å². The molecule has 1 rings (SSSR count). The Morgan fingerprint density at radius 3 is 2.41 bits per heavy atom. The number of halogens is 4.